The first-order valence-electron chi connectivity index (χ1n) is 6.53. The van der Waals surface area contributed by atoms with Gasteiger partial charge in [-0.25, -0.2) is 0 Å². The second-order valence-electron chi connectivity index (χ2n) is 4.60. The summed E-state index contributed by atoms with van der Waals surface area (Å²) in [6.45, 7) is 0. The maximum Gasteiger partial charge on any atom is 0.288 e. The minimum Gasteiger partial charge on any atom is -0.322 e. The first kappa shape index (κ1) is 17.5. The molecule has 0 saturated heterocycles. The van der Waals surface area contributed by atoms with Gasteiger partial charge in [-0.3, -0.25) is 14.9 Å². The number of nitro benzene ring substituents is 1. The molecule has 120 valence electrons. The monoisotopic (exact) mass is 361 g/mol. The average Bonchev–Trinajstić information content (AvgIpc) is 2.54. The van der Waals surface area contributed by atoms with Crippen LogP contribution >= 0.6 is 23.2 Å². The van der Waals surface area contributed by atoms with Crippen LogP contribution in [0.15, 0.2) is 42.5 Å². The number of halogens is 2. The molecule has 24 heavy (non-hydrogen) atoms. The number of hydrogen-bond donors (Lipinski definition) is 1. The predicted molar refractivity (Wildman–Crippen MR) is 91.9 cm³/mol. The highest BCUT2D eigenvalue weighted by atomic mass is 35.5. The largest absolute Gasteiger partial charge is 0.322 e. The Balaban J connectivity index is 2.11. The van der Waals surface area contributed by atoms with E-state index in [1.165, 1.54) is 36.4 Å². The third-order valence-electron chi connectivity index (χ3n) is 2.95. The van der Waals surface area contributed by atoms with E-state index in [2.05, 4.69) is 5.32 Å². The predicted octanol–water partition coefficient (Wildman–Crippen LogP) is 4.43. The Morgan fingerprint density at radius 3 is 2.58 bits per heavy atom. The van der Waals surface area contributed by atoms with Crippen molar-refractivity contribution in [1.29, 1.82) is 5.26 Å². The second-order valence-corrected chi connectivity index (χ2v) is 5.41. The van der Waals surface area contributed by atoms with Gasteiger partial charge >= 0.3 is 0 Å². The fourth-order valence-electron chi connectivity index (χ4n) is 1.81. The van der Waals surface area contributed by atoms with Crippen molar-refractivity contribution in [2.24, 2.45) is 0 Å². The van der Waals surface area contributed by atoms with Gasteiger partial charge in [-0.15, -0.1) is 0 Å². The molecule has 0 fully saturated rings. The molecule has 0 heterocycles. The number of nitrogens with zero attached hydrogens (tertiary/aromatic N) is 2. The third kappa shape index (κ3) is 4.32. The van der Waals surface area contributed by atoms with Crippen molar-refractivity contribution in [2.75, 3.05) is 5.32 Å². The summed E-state index contributed by atoms with van der Waals surface area (Å²) in [5.41, 5.74) is 0.951. The van der Waals surface area contributed by atoms with Crippen LogP contribution in [0.25, 0.3) is 6.08 Å². The highest BCUT2D eigenvalue weighted by Crippen LogP contribution is 2.25. The van der Waals surface area contributed by atoms with Gasteiger partial charge in [0, 0.05) is 17.8 Å². The molecular formula is C16H9Cl2N3O3. The molecule has 0 aliphatic rings. The van der Waals surface area contributed by atoms with Crippen LogP contribution < -0.4 is 5.32 Å². The van der Waals surface area contributed by atoms with Crippen molar-refractivity contribution in [3.8, 4) is 6.07 Å². The molecule has 0 aromatic heterocycles. The fraction of sp³-hybridized carbons (Fsp3) is 0. The highest BCUT2D eigenvalue weighted by molar-refractivity contribution is 6.32. The van der Waals surface area contributed by atoms with Crippen LogP contribution in [0, 0.1) is 21.4 Å². The van der Waals surface area contributed by atoms with E-state index in [0.29, 0.717) is 16.8 Å². The number of carbonyl (C=O) groups excluding carboxylic acids is 1. The molecule has 0 aliphatic heterocycles. The lowest BCUT2D eigenvalue weighted by Crippen LogP contribution is -2.07. The molecule has 0 radical (unpaired) electrons. The van der Waals surface area contributed by atoms with Crippen LogP contribution in [0.5, 0.6) is 0 Å². The summed E-state index contributed by atoms with van der Waals surface area (Å²) in [4.78, 5) is 22.1. The van der Waals surface area contributed by atoms with Gasteiger partial charge in [0.15, 0.2) is 0 Å². The molecule has 1 N–H and O–H groups in total. The number of carbonyl (C=O) groups is 1. The minimum absolute atomic E-state index is 0.0221. The third-order valence-corrected chi connectivity index (χ3v) is 3.58. The van der Waals surface area contributed by atoms with Crippen LogP contribution in [0.3, 0.4) is 0 Å². The van der Waals surface area contributed by atoms with Crippen molar-refractivity contribution in [1.82, 2.24) is 0 Å². The molecule has 0 bridgehead atoms. The lowest BCUT2D eigenvalue weighted by molar-refractivity contribution is -0.384. The summed E-state index contributed by atoms with van der Waals surface area (Å²) in [5.74, 6) is -0.451. The topological polar surface area (TPSA) is 96.0 Å². The van der Waals surface area contributed by atoms with Crippen molar-refractivity contribution < 1.29 is 9.72 Å². The lowest BCUT2D eigenvalue weighted by Gasteiger charge is -2.03. The number of amides is 1. The summed E-state index contributed by atoms with van der Waals surface area (Å²) >= 11 is 11.6. The van der Waals surface area contributed by atoms with Crippen molar-refractivity contribution >= 4 is 46.6 Å². The molecule has 2 aromatic rings. The Morgan fingerprint density at radius 2 is 1.96 bits per heavy atom. The molecule has 0 spiro atoms. The van der Waals surface area contributed by atoms with Crippen LogP contribution in [-0.4, -0.2) is 10.8 Å². The number of anilines is 1. The zero-order valence-electron chi connectivity index (χ0n) is 12.0. The minimum atomic E-state index is -0.599. The zero-order chi connectivity index (χ0) is 17.7. The Morgan fingerprint density at radius 1 is 1.21 bits per heavy atom. The average molecular weight is 362 g/mol. The number of hydrogen-bond acceptors (Lipinski definition) is 4. The fourth-order valence-corrected chi connectivity index (χ4v) is 2.22. The molecule has 0 saturated carbocycles. The summed E-state index contributed by atoms with van der Waals surface area (Å²) in [7, 11) is 0. The van der Waals surface area contributed by atoms with E-state index < -0.39 is 10.8 Å². The smallest absolute Gasteiger partial charge is 0.288 e. The number of benzene rings is 2. The normalized spacial score (nSPS) is 10.4. The number of nitriles is 1. The Bertz CT molecular complexity index is 889. The summed E-state index contributed by atoms with van der Waals surface area (Å²) in [6.07, 6.45) is 2.64. The molecule has 0 aliphatic carbocycles. The van der Waals surface area contributed by atoms with Crippen molar-refractivity contribution in [3.05, 3.63) is 73.8 Å². The Hall–Kier alpha value is -2.88. The van der Waals surface area contributed by atoms with Gasteiger partial charge in [0.25, 0.3) is 5.69 Å². The molecule has 8 heteroatoms. The van der Waals surface area contributed by atoms with Gasteiger partial charge in [-0.05, 0) is 35.9 Å². The van der Waals surface area contributed by atoms with Crippen molar-refractivity contribution in [3.63, 3.8) is 0 Å². The Labute approximate surface area is 147 Å². The zero-order valence-corrected chi connectivity index (χ0v) is 13.5. The van der Waals surface area contributed by atoms with Gasteiger partial charge in [0.2, 0.25) is 5.91 Å². The Kier molecular flexibility index (Phi) is 5.53. The van der Waals surface area contributed by atoms with E-state index in [4.69, 9.17) is 28.5 Å². The number of rotatable bonds is 4. The van der Waals surface area contributed by atoms with Gasteiger partial charge in [0.1, 0.15) is 11.1 Å². The van der Waals surface area contributed by atoms with Gasteiger partial charge in [0.05, 0.1) is 15.5 Å². The SMILES string of the molecule is N#Cc1ccc(NC(=O)C=Cc2ccc(Cl)c([N+](=O)[O-])c2)cc1Cl. The van der Waals surface area contributed by atoms with E-state index >= 15 is 0 Å². The molecule has 1 amide bonds. The number of nitro groups is 1. The molecule has 0 atom stereocenters. The quantitative estimate of drug-likeness (QED) is 0.494. The van der Waals surface area contributed by atoms with Crippen LogP contribution in [-0.2, 0) is 4.79 Å². The second kappa shape index (κ2) is 7.59. The van der Waals surface area contributed by atoms with Gasteiger partial charge in [-0.1, -0.05) is 29.3 Å². The van der Waals surface area contributed by atoms with Crippen molar-refractivity contribution in [2.45, 2.75) is 0 Å². The van der Waals surface area contributed by atoms with Gasteiger partial charge in [-0.2, -0.15) is 5.26 Å². The standard InChI is InChI=1S/C16H9Cl2N3O3/c17-13-5-1-10(7-15(13)21(23)24)2-6-16(22)20-12-4-3-11(9-19)14(18)8-12/h1-8H,(H,20,22). The summed E-state index contributed by atoms with van der Waals surface area (Å²) < 4.78 is 0. The van der Waals surface area contributed by atoms with Gasteiger partial charge < -0.3 is 5.32 Å². The van der Waals surface area contributed by atoms with Crippen LogP contribution in [0.1, 0.15) is 11.1 Å². The first-order valence-corrected chi connectivity index (χ1v) is 7.29. The van der Waals surface area contributed by atoms with Crippen LogP contribution in [0.2, 0.25) is 10.0 Å². The van der Waals surface area contributed by atoms with E-state index in [9.17, 15) is 14.9 Å². The first-order chi connectivity index (χ1) is 11.4. The highest BCUT2D eigenvalue weighted by Gasteiger charge is 2.11. The van der Waals surface area contributed by atoms with E-state index in [1.54, 1.807) is 12.1 Å². The molecule has 6 nitrogen and oxygen atoms in total. The maximum atomic E-state index is 11.9. The molecular weight excluding hydrogens is 353 g/mol. The number of nitrogens with one attached hydrogen (secondary N) is 1. The lowest BCUT2D eigenvalue weighted by atomic mass is 10.2. The maximum absolute atomic E-state index is 11.9. The summed E-state index contributed by atoms with van der Waals surface area (Å²) in [5, 5.41) is 22.4. The molecule has 0 unspecified atom stereocenters. The van der Waals surface area contributed by atoms with E-state index in [0.717, 1.165) is 0 Å². The summed E-state index contributed by atoms with van der Waals surface area (Å²) in [6, 6.07) is 10.6. The molecule has 2 aromatic carbocycles. The van der Waals surface area contributed by atoms with Crippen LogP contribution in [0.4, 0.5) is 11.4 Å². The van der Waals surface area contributed by atoms with E-state index in [-0.39, 0.29) is 15.7 Å². The molecule has 2 rings (SSSR count). The van der Waals surface area contributed by atoms with E-state index in [1.807, 2.05) is 6.07 Å².